The van der Waals surface area contributed by atoms with Gasteiger partial charge in [0.1, 0.15) is 0 Å². The lowest BCUT2D eigenvalue weighted by Gasteiger charge is -2.24. The Morgan fingerprint density at radius 3 is 2.32 bits per heavy atom. The lowest BCUT2D eigenvalue weighted by atomic mass is 10.1. The second-order valence-corrected chi connectivity index (χ2v) is 7.89. The van der Waals surface area contributed by atoms with Crippen LogP contribution < -0.4 is 4.31 Å². The molecule has 1 atom stereocenters. The molecule has 0 heterocycles. The molecule has 0 radical (unpaired) electrons. The Balaban J connectivity index is 2.41. The third-order valence-electron chi connectivity index (χ3n) is 4.14. The Morgan fingerprint density at radius 2 is 1.75 bits per heavy atom. The van der Waals surface area contributed by atoms with Gasteiger partial charge in [0, 0.05) is 6.54 Å². The molecule has 28 heavy (non-hydrogen) atoms. The summed E-state index contributed by atoms with van der Waals surface area (Å²) in [6, 6.07) is 13.0. The van der Waals surface area contributed by atoms with E-state index in [4.69, 9.17) is 4.74 Å². The van der Waals surface area contributed by atoms with Gasteiger partial charge in [-0.3, -0.25) is 4.31 Å². The topological polar surface area (TPSA) is 90.0 Å². The number of hydrogen-bond acceptors (Lipinski definition) is 6. The molecule has 0 aliphatic heterocycles. The Kier molecular flexibility index (Phi) is 6.80. The van der Waals surface area contributed by atoms with E-state index in [1.54, 1.807) is 44.2 Å². The van der Waals surface area contributed by atoms with E-state index in [1.807, 2.05) is 0 Å². The average Bonchev–Trinajstić information content (AvgIpc) is 2.68. The number of benzene rings is 2. The summed E-state index contributed by atoms with van der Waals surface area (Å²) >= 11 is 0. The molecule has 150 valence electrons. The van der Waals surface area contributed by atoms with Crippen molar-refractivity contribution >= 4 is 27.6 Å². The van der Waals surface area contributed by atoms with E-state index in [-0.39, 0.29) is 17.0 Å². The molecule has 2 aromatic carbocycles. The molecular weight excluding hydrogens is 382 g/mol. The molecule has 8 heteroatoms. The third-order valence-corrected chi connectivity index (χ3v) is 6.19. The molecule has 2 aromatic rings. The molecule has 7 nitrogen and oxygen atoms in total. The van der Waals surface area contributed by atoms with Gasteiger partial charge >= 0.3 is 11.9 Å². The fraction of sp³-hybridized carbons (Fsp3) is 0.300. The van der Waals surface area contributed by atoms with Crippen LogP contribution in [0.5, 0.6) is 0 Å². The Hall–Kier alpha value is -2.87. The summed E-state index contributed by atoms with van der Waals surface area (Å²) in [7, 11) is -2.72. The minimum atomic E-state index is -3.91. The summed E-state index contributed by atoms with van der Waals surface area (Å²) in [5.74, 6) is -1.51. The average molecular weight is 405 g/mol. The van der Waals surface area contributed by atoms with E-state index in [9.17, 15) is 18.0 Å². The molecule has 0 aliphatic rings. The molecule has 0 spiro atoms. The minimum absolute atomic E-state index is 0.00151. The molecular formula is C20H23NO6S. The predicted molar refractivity (Wildman–Crippen MR) is 105 cm³/mol. The fourth-order valence-electron chi connectivity index (χ4n) is 2.65. The van der Waals surface area contributed by atoms with E-state index in [0.29, 0.717) is 11.3 Å². The molecule has 0 saturated heterocycles. The molecule has 0 fully saturated rings. The first-order valence-corrected chi connectivity index (χ1v) is 10.1. The Morgan fingerprint density at radius 1 is 1.11 bits per heavy atom. The zero-order chi connectivity index (χ0) is 20.9. The van der Waals surface area contributed by atoms with Crippen molar-refractivity contribution in [1.29, 1.82) is 0 Å². The SMILES string of the molecule is CCN(c1ccccc1)S(=O)(=O)c1cc(C(=O)O[C@@H](C)C(=O)OC)ccc1C. The summed E-state index contributed by atoms with van der Waals surface area (Å²) in [5.41, 5.74) is 1.05. The van der Waals surface area contributed by atoms with Crippen LogP contribution in [0, 0.1) is 6.92 Å². The quantitative estimate of drug-likeness (QED) is 0.658. The van der Waals surface area contributed by atoms with Gasteiger partial charge in [-0.2, -0.15) is 0 Å². The first kappa shape index (κ1) is 21.4. The highest BCUT2D eigenvalue weighted by Gasteiger charge is 2.27. The van der Waals surface area contributed by atoms with Crippen molar-refractivity contribution in [3.63, 3.8) is 0 Å². The number of methoxy groups -OCH3 is 1. The van der Waals surface area contributed by atoms with Crippen LogP contribution >= 0.6 is 0 Å². The number of aryl methyl sites for hydroxylation is 1. The van der Waals surface area contributed by atoms with Gasteiger partial charge in [-0.15, -0.1) is 0 Å². The highest BCUT2D eigenvalue weighted by Crippen LogP contribution is 2.26. The lowest BCUT2D eigenvalue weighted by molar-refractivity contribution is -0.149. The standard InChI is InChI=1S/C20H23NO6S/c1-5-21(17-9-7-6-8-10-17)28(24,25)18-13-16(12-11-14(18)2)20(23)27-15(3)19(22)26-4/h6-13,15H,5H2,1-4H3/t15-/m0/s1. The van der Waals surface area contributed by atoms with Crippen molar-refractivity contribution in [3.8, 4) is 0 Å². The van der Waals surface area contributed by atoms with Gasteiger partial charge in [0.25, 0.3) is 10.0 Å². The van der Waals surface area contributed by atoms with Crippen molar-refractivity contribution in [2.24, 2.45) is 0 Å². The van der Waals surface area contributed by atoms with E-state index in [2.05, 4.69) is 4.74 Å². The van der Waals surface area contributed by atoms with E-state index in [0.717, 1.165) is 0 Å². The predicted octanol–water partition coefficient (Wildman–Crippen LogP) is 2.93. The summed E-state index contributed by atoms with van der Waals surface area (Å²) in [6.45, 7) is 4.98. The van der Waals surface area contributed by atoms with Crippen LogP contribution in [0.25, 0.3) is 0 Å². The number of rotatable bonds is 7. The number of anilines is 1. The highest BCUT2D eigenvalue weighted by atomic mass is 32.2. The lowest BCUT2D eigenvalue weighted by Crippen LogP contribution is -2.31. The van der Waals surface area contributed by atoms with E-state index < -0.39 is 28.1 Å². The first-order valence-electron chi connectivity index (χ1n) is 8.69. The van der Waals surface area contributed by atoms with Crippen LogP contribution in [0.2, 0.25) is 0 Å². The number of carbonyl (C=O) groups excluding carboxylic acids is 2. The van der Waals surface area contributed by atoms with E-state index in [1.165, 1.54) is 36.5 Å². The summed E-state index contributed by atoms with van der Waals surface area (Å²) in [5, 5.41) is 0. The maximum Gasteiger partial charge on any atom is 0.346 e. The number of hydrogen-bond donors (Lipinski definition) is 0. The Bertz CT molecular complexity index is 956. The van der Waals surface area contributed by atoms with E-state index >= 15 is 0 Å². The van der Waals surface area contributed by atoms with Crippen LogP contribution in [0.1, 0.15) is 29.8 Å². The van der Waals surface area contributed by atoms with Gasteiger partial charge in [0.15, 0.2) is 6.10 Å². The highest BCUT2D eigenvalue weighted by molar-refractivity contribution is 7.92. The molecule has 0 unspecified atom stereocenters. The summed E-state index contributed by atoms with van der Waals surface area (Å²) in [6.07, 6.45) is -1.10. The number of ether oxygens (including phenoxy) is 2. The van der Waals surface area contributed by atoms with Crippen molar-refractivity contribution in [3.05, 3.63) is 59.7 Å². The van der Waals surface area contributed by atoms with Crippen LogP contribution in [0.4, 0.5) is 5.69 Å². The molecule has 0 amide bonds. The van der Waals surface area contributed by atoms with Gasteiger partial charge < -0.3 is 9.47 Å². The summed E-state index contributed by atoms with van der Waals surface area (Å²) < 4.78 is 37.3. The third kappa shape index (κ3) is 4.51. The molecule has 0 aromatic heterocycles. The van der Waals surface area contributed by atoms with Crippen molar-refractivity contribution in [1.82, 2.24) is 0 Å². The molecule has 0 saturated carbocycles. The number of nitrogens with zero attached hydrogens (tertiary/aromatic N) is 1. The second kappa shape index (κ2) is 8.88. The molecule has 0 aliphatic carbocycles. The summed E-state index contributed by atoms with van der Waals surface area (Å²) in [4.78, 5) is 23.8. The fourth-order valence-corrected chi connectivity index (χ4v) is 4.38. The normalized spacial score (nSPS) is 12.1. The molecule has 0 N–H and O–H groups in total. The zero-order valence-corrected chi connectivity index (χ0v) is 17.0. The number of para-hydroxylation sites is 1. The van der Waals surface area contributed by atoms with Crippen LogP contribution in [0.3, 0.4) is 0 Å². The zero-order valence-electron chi connectivity index (χ0n) is 16.2. The molecule has 0 bridgehead atoms. The van der Waals surface area contributed by atoms with Gasteiger partial charge in [-0.05, 0) is 50.6 Å². The smallest absolute Gasteiger partial charge is 0.346 e. The van der Waals surface area contributed by atoms with Crippen molar-refractivity contribution in [2.45, 2.75) is 31.8 Å². The van der Waals surface area contributed by atoms with Gasteiger partial charge in [0.05, 0.1) is 23.3 Å². The first-order chi connectivity index (χ1) is 13.2. The van der Waals surface area contributed by atoms with Crippen LogP contribution in [-0.4, -0.2) is 40.1 Å². The minimum Gasteiger partial charge on any atom is -0.466 e. The maximum absolute atomic E-state index is 13.2. The number of sulfonamides is 1. The van der Waals surface area contributed by atoms with Crippen molar-refractivity contribution in [2.75, 3.05) is 18.0 Å². The monoisotopic (exact) mass is 405 g/mol. The second-order valence-electron chi connectivity index (χ2n) is 6.06. The Labute approximate surface area is 164 Å². The van der Waals surface area contributed by atoms with Gasteiger partial charge in [-0.1, -0.05) is 24.3 Å². The van der Waals surface area contributed by atoms with Gasteiger partial charge in [0.2, 0.25) is 0 Å². The van der Waals surface area contributed by atoms with Crippen molar-refractivity contribution < 1.29 is 27.5 Å². The number of esters is 2. The van der Waals surface area contributed by atoms with Crippen LogP contribution in [0.15, 0.2) is 53.4 Å². The maximum atomic E-state index is 13.2. The van der Waals surface area contributed by atoms with Crippen LogP contribution in [-0.2, 0) is 24.3 Å². The number of carbonyl (C=O) groups is 2. The molecule has 2 rings (SSSR count). The largest absolute Gasteiger partial charge is 0.466 e. The van der Waals surface area contributed by atoms with Gasteiger partial charge in [-0.25, -0.2) is 18.0 Å².